The SMILES string of the molecule is COc1cc(C(=O)Nc2ncnc3nc[nH]c23)ncn1. The second-order valence-electron chi connectivity index (χ2n) is 3.72. The van der Waals surface area contributed by atoms with Crippen LogP contribution in [0.3, 0.4) is 0 Å². The topological polar surface area (TPSA) is 119 Å². The number of carbonyl (C=O) groups excluding carboxylic acids is 1. The number of nitrogens with zero attached hydrogens (tertiary/aromatic N) is 5. The smallest absolute Gasteiger partial charge is 0.275 e. The van der Waals surface area contributed by atoms with Crippen LogP contribution in [0, 0.1) is 0 Å². The molecule has 0 unspecified atom stereocenters. The molecule has 9 nitrogen and oxygen atoms in total. The second-order valence-corrected chi connectivity index (χ2v) is 3.72. The Morgan fingerprint density at radius 3 is 2.90 bits per heavy atom. The summed E-state index contributed by atoms with van der Waals surface area (Å²) >= 11 is 0. The summed E-state index contributed by atoms with van der Waals surface area (Å²) in [6, 6.07) is 1.43. The first kappa shape index (κ1) is 12.0. The molecule has 0 spiro atoms. The summed E-state index contributed by atoms with van der Waals surface area (Å²) in [5, 5.41) is 2.63. The lowest BCUT2D eigenvalue weighted by atomic mass is 10.3. The molecule has 9 heteroatoms. The number of imidazole rings is 1. The largest absolute Gasteiger partial charge is 0.481 e. The highest BCUT2D eigenvalue weighted by Gasteiger charge is 2.13. The summed E-state index contributed by atoms with van der Waals surface area (Å²) in [5.41, 5.74) is 1.18. The van der Waals surface area contributed by atoms with E-state index in [4.69, 9.17) is 4.74 Å². The van der Waals surface area contributed by atoms with Crippen LogP contribution in [0.2, 0.25) is 0 Å². The molecule has 0 aliphatic carbocycles. The summed E-state index contributed by atoms with van der Waals surface area (Å²) in [5.74, 6) is 0.204. The first-order valence-electron chi connectivity index (χ1n) is 5.59. The van der Waals surface area contributed by atoms with E-state index in [1.807, 2.05) is 0 Å². The van der Waals surface area contributed by atoms with E-state index in [1.165, 1.54) is 32.2 Å². The van der Waals surface area contributed by atoms with E-state index in [0.29, 0.717) is 22.9 Å². The average Bonchev–Trinajstić information content (AvgIpc) is 2.97. The van der Waals surface area contributed by atoms with Crippen molar-refractivity contribution in [2.45, 2.75) is 0 Å². The third kappa shape index (κ3) is 2.11. The summed E-state index contributed by atoms with van der Waals surface area (Å²) in [6.45, 7) is 0. The Hall–Kier alpha value is -3.10. The number of H-pyrrole nitrogens is 1. The monoisotopic (exact) mass is 271 g/mol. The highest BCUT2D eigenvalue weighted by Crippen LogP contribution is 2.15. The highest BCUT2D eigenvalue weighted by molar-refractivity contribution is 6.05. The molecule has 0 aromatic carbocycles. The van der Waals surface area contributed by atoms with E-state index >= 15 is 0 Å². The Bertz CT molecular complexity index is 770. The van der Waals surface area contributed by atoms with Crippen LogP contribution in [0.5, 0.6) is 5.88 Å². The van der Waals surface area contributed by atoms with Gasteiger partial charge >= 0.3 is 0 Å². The maximum absolute atomic E-state index is 12.1. The fourth-order valence-corrected chi connectivity index (χ4v) is 1.61. The van der Waals surface area contributed by atoms with Crippen LogP contribution in [0.15, 0.2) is 25.0 Å². The quantitative estimate of drug-likeness (QED) is 0.707. The van der Waals surface area contributed by atoms with Gasteiger partial charge < -0.3 is 15.0 Å². The average molecular weight is 271 g/mol. The number of amides is 1. The molecule has 0 saturated carbocycles. The molecule has 0 bridgehead atoms. The van der Waals surface area contributed by atoms with E-state index in [1.54, 1.807) is 0 Å². The maximum atomic E-state index is 12.1. The van der Waals surface area contributed by atoms with Crippen molar-refractivity contribution in [3.63, 3.8) is 0 Å². The summed E-state index contributed by atoms with van der Waals surface area (Å²) in [6.07, 6.45) is 4.04. The number of anilines is 1. The zero-order chi connectivity index (χ0) is 13.9. The van der Waals surface area contributed by atoms with Crippen molar-refractivity contribution in [1.29, 1.82) is 0 Å². The summed E-state index contributed by atoms with van der Waals surface area (Å²) in [4.78, 5) is 34.6. The molecule has 2 N–H and O–H groups in total. The van der Waals surface area contributed by atoms with Crippen LogP contribution in [0.4, 0.5) is 5.82 Å². The van der Waals surface area contributed by atoms with Crippen molar-refractivity contribution >= 4 is 22.9 Å². The van der Waals surface area contributed by atoms with Crippen LogP contribution in [0.1, 0.15) is 10.5 Å². The molecule has 0 radical (unpaired) electrons. The summed E-state index contributed by atoms with van der Waals surface area (Å²) < 4.78 is 4.94. The molecule has 20 heavy (non-hydrogen) atoms. The minimum atomic E-state index is -0.430. The van der Waals surface area contributed by atoms with E-state index < -0.39 is 5.91 Å². The molecule has 0 atom stereocenters. The van der Waals surface area contributed by atoms with E-state index in [-0.39, 0.29) is 5.69 Å². The molecule has 3 aromatic rings. The molecular weight excluding hydrogens is 262 g/mol. The molecule has 100 valence electrons. The first-order chi connectivity index (χ1) is 9.78. The van der Waals surface area contributed by atoms with Crippen molar-refractivity contribution in [3.05, 3.63) is 30.7 Å². The van der Waals surface area contributed by atoms with Gasteiger partial charge in [0.25, 0.3) is 5.91 Å². The third-order valence-corrected chi connectivity index (χ3v) is 2.54. The number of carbonyl (C=O) groups is 1. The number of rotatable bonds is 3. The van der Waals surface area contributed by atoms with Gasteiger partial charge in [-0.25, -0.2) is 24.9 Å². The predicted octanol–water partition coefficient (Wildman–Crippen LogP) is 0.404. The molecule has 3 heterocycles. The highest BCUT2D eigenvalue weighted by atomic mass is 16.5. The Morgan fingerprint density at radius 1 is 1.20 bits per heavy atom. The van der Waals surface area contributed by atoms with Gasteiger partial charge in [0.1, 0.15) is 23.9 Å². The van der Waals surface area contributed by atoms with Gasteiger partial charge in [-0.2, -0.15) is 0 Å². The Labute approximate surface area is 112 Å². The number of aromatic amines is 1. The standard InChI is InChI=1S/C11H9N7O2/c1-20-7-2-6(12-3-13-7)11(19)18-10-8-9(15-4-14-8)16-5-17-10/h2-5H,1H3,(H2,14,15,16,17,18,19). The minimum absolute atomic E-state index is 0.170. The third-order valence-electron chi connectivity index (χ3n) is 2.54. The van der Waals surface area contributed by atoms with E-state index in [2.05, 4.69) is 35.2 Å². The van der Waals surface area contributed by atoms with Crippen LogP contribution >= 0.6 is 0 Å². The summed E-state index contributed by atoms with van der Waals surface area (Å²) in [7, 11) is 1.46. The number of hydrogen-bond donors (Lipinski definition) is 2. The van der Waals surface area contributed by atoms with Crippen molar-refractivity contribution in [2.75, 3.05) is 12.4 Å². The van der Waals surface area contributed by atoms with Gasteiger partial charge in [-0.3, -0.25) is 4.79 Å². The number of hydrogen-bond acceptors (Lipinski definition) is 7. The van der Waals surface area contributed by atoms with Crippen LogP contribution in [-0.4, -0.2) is 42.9 Å². The first-order valence-corrected chi connectivity index (χ1v) is 5.59. The lowest BCUT2D eigenvalue weighted by Crippen LogP contribution is -2.15. The molecule has 1 amide bonds. The molecule has 0 saturated heterocycles. The number of ether oxygens (including phenoxy) is 1. The fraction of sp³-hybridized carbons (Fsp3) is 0.0909. The zero-order valence-corrected chi connectivity index (χ0v) is 10.4. The van der Waals surface area contributed by atoms with Gasteiger partial charge in [0.05, 0.1) is 13.4 Å². The van der Waals surface area contributed by atoms with Gasteiger partial charge in [-0.15, -0.1) is 0 Å². The molecule has 0 aliphatic rings. The molecular formula is C11H9N7O2. The second kappa shape index (κ2) is 4.88. The Kier molecular flexibility index (Phi) is 2.92. The van der Waals surface area contributed by atoms with Crippen LogP contribution in [-0.2, 0) is 0 Å². The van der Waals surface area contributed by atoms with Crippen molar-refractivity contribution in [2.24, 2.45) is 0 Å². The number of aromatic nitrogens is 6. The van der Waals surface area contributed by atoms with Gasteiger partial charge in [0.15, 0.2) is 11.5 Å². The van der Waals surface area contributed by atoms with Crippen molar-refractivity contribution in [1.82, 2.24) is 29.9 Å². The van der Waals surface area contributed by atoms with Crippen LogP contribution in [0.25, 0.3) is 11.2 Å². The van der Waals surface area contributed by atoms with Gasteiger partial charge in [-0.1, -0.05) is 0 Å². The van der Waals surface area contributed by atoms with E-state index in [0.717, 1.165) is 0 Å². The number of methoxy groups -OCH3 is 1. The van der Waals surface area contributed by atoms with Crippen molar-refractivity contribution in [3.8, 4) is 5.88 Å². The fourth-order valence-electron chi connectivity index (χ4n) is 1.61. The molecule has 3 aromatic heterocycles. The van der Waals surface area contributed by atoms with Crippen LogP contribution < -0.4 is 10.1 Å². The number of fused-ring (bicyclic) bond motifs is 1. The van der Waals surface area contributed by atoms with Gasteiger partial charge in [-0.05, 0) is 0 Å². The zero-order valence-electron chi connectivity index (χ0n) is 10.4. The lowest BCUT2D eigenvalue weighted by Gasteiger charge is -2.05. The van der Waals surface area contributed by atoms with Crippen molar-refractivity contribution < 1.29 is 9.53 Å². The minimum Gasteiger partial charge on any atom is -0.481 e. The molecule has 0 fully saturated rings. The Balaban J connectivity index is 1.90. The maximum Gasteiger partial charge on any atom is 0.275 e. The molecule has 3 rings (SSSR count). The lowest BCUT2D eigenvalue weighted by molar-refractivity contribution is 0.102. The molecule has 0 aliphatic heterocycles. The number of nitrogens with one attached hydrogen (secondary N) is 2. The predicted molar refractivity (Wildman–Crippen MR) is 68.2 cm³/mol. The van der Waals surface area contributed by atoms with E-state index in [9.17, 15) is 4.79 Å². The van der Waals surface area contributed by atoms with Gasteiger partial charge in [0.2, 0.25) is 5.88 Å². The Morgan fingerprint density at radius 2 is 2.05 bits per heavy atom. The normalized spacial score (nSPS) is 10.4. The van der Waals surface area contributed by atoms with Gasteiger partial charge in [0, 0.05) is 6.07 Å².